The van der Waals surface area contributed by atoms with Gasteiger partial charge < -0.3 is 9.84 Å². The third-order valence-corrected chi connectivity index (χ3v) is 4.49. The highest BCUT2D eigenvalue weighted by Crippen LogP contribution is 2.25. The van der Waals surface area contributed by atoms with Gasteiger partial charge in [-0.1, -0.05) is 18.0 Å². The van der Waals surface area contributed by atoms with E-state index in [0.717, 1.165) is 38.8 Å². The van der Waals surface area contributed by atoms with Crippen molar-refractivity contribution >= 4 is 5.91 Å². The number of hydrogen-bond donors (Lipinski definition) is 1. The number of aromatic nitrogens is 2. The standard InChI is InChI=1S/C15H24N4O2/c1-11-16-15(21-18-11)12-5-4-8-19(9-12)10-14(20)17-13-6-2-3-7-13/h12-13H,2-10H2,1H3,(H,17,20)/t12-/m1/s1. The van der Waals surface area contributed by atoms with Crippen molar-refractivity contribution in [2.24, 2.45) is 0 Å². The molecular weight excluding hydrogens is 268 g/mol. The van der Waals surface area contributed by atoms with Crippen LogP contribution in [0.3, 0.4) is 0 Å². The third-order valence-electron chi connectivity index (χ3n) is 4.49. The monoisotopic (exact) mass is 292 g/mol. The Morgan fingerprint density at radius 3 is 2.86 bits per heavy atom. The fourth-order valence-corrected chi connectivity index (χ4v) is 3.43. The lowest BCUT2D eigenvalue weighted by atomic mass is 9.98. The normalized spacial score (nSPS) is 24.3. The van der Waals surface area contributed by atoms with Crippen molar-refractivity contribution in [1.29, 1.82) is 0 Å². The second kappa shape index (κ2) is 6.56. The first-order valence-electron chi connectivity index (χ1n) is 8.02. The lowest BCUT2D eigenvalue weighted by Crippen LogP contribution is -2.44. The molecule has 1 saturated heterocycles. The summed E-state index contributed by atoms with van der Waals surface area (Å²) >= 11 is 0. The number of rotatable bonds is 4. The molecule has 116 valence electrons. The summed E-state index contributed by atoms with van der Waals surface area (Å²) in [6, 6.07) is 0.400. The largest absolute Gasteiger partial charge is 0.352 e. The lowest BCUT2D eigenvalue weighted by Gasteiger charge is -2.30. The minimum Gasteiger partial charge on any atom is -0.352 e. The maximum absolute atomic E-state index is 12.1. The number of piperidine rings is 1. The van der Waals surface area contributed by atoms with Crippen LogP contribution in [0.4, 0.5) is 0 Å². The van der Waals surface area contributed by atoms with Gasteiger partial charge >= 0.3 is 0 Å². The number of hydrogen-bond acceptors (Lipinski definition) is 5. The fourth-order valence-electron chi connectivity index (χ4n) is 3.43. The highest BCUT2D eigenvalue weighted by atomic mass is 16.5. The molecular formula is C15H24N4O2. The molecule has 2 heterocycles. The van der Waals surface area contributed by atoms with Gasteiger partial charge in [-0.25, -0.2) is 0 Å². The van der Waals surface area contributed by atoms with Gasteiger partial charge in [0.15, 0.2) is 5.82 Å². The molecule has 2 fully saturated rings. The van der Waals surface area contributed by atoms with Crippen molar-refractivity contribution in [3.8, 4) is 0 Å². The van der Waals surface area contributed by atoms with Crippen LogP contribution in [-0.2, 0) is 4.79 Å². The number of likely N-dealkylation sites (tertiary alicyclic amines) is 1. The highest BCUT2D eigenvalue weighted by Gasteiger charge is 2.27. The van der Waals surface area contributed by atoms with Gasteiger partial charge in [0.1, 0.15) is 0 Å². The molecule has 3 rings (SSSR count). The SMILES string of the molecule is Cc1noc([C@@H]2CCCN(CC(=O)NC3CCCC3)C2)n1. The molecule has 0 unspecified atom stereocenters. The molecule has 0 radical (unpaired) electrons. The second-order valence-electron chi connectivity index (χ2n) is 6.30. The molecule has 1 amide bonds. The van der Waals surface area contributed by atoms with Crippen molar-refractivity contribution in [3.05, 3.63) is 11.7 Å². The van der Waals surface area contributed by atoms with Gasteiger partial charge in [0.05, 0.1) is 12.5 Å². The predicted octanol–water partition coefficient (Wildman–Crippen LogP) is 1.62. The summed E-state index contributed by atoms with van der Waals surface area (Å²) in [6.45, 7) is 4.13. The van der Waals surface area contributed by atoms with E-state index in [1.54, 1.807) is 0 Å². The van der Waals surface area contributed by atoms with Crippen LogP contribution in [0.1, 0.15) is 56.2 Å². The van der Waals surface area contributed by atoms with Crippen LogP contribution < -0.4 is 5.32 Å². The topological polar surface area (TPSA) is 71.3 Å². The van der Waals surface area contributed by atoms with Gasteiger partial charge in [-0.05, 0) is 39.2 Å². The summed E-state index contributed by atoms with van der Waals surface area (Å²) in [4.78, 5) is 18.6. The van der Waals surface area contributed by atoms with Crippen molar-refractivity contribution in [2.75, 3.05) is 19.6 Å². The minimum absolute atomic E-state index is 0.157. The van der Waals surface area contributed by atoms with Crippen molar-refractivity contribution in [1.82, 2.24) is 20.4 Å². The molecule has 1 aliphatic carbocycles. The first-order chi connectivity index (χ1) is 10.2. The second-order valence-corrected chi connectivity index (χ2v) is 6.30. The van der Waals surface area contributed by atoms with E-state index in [1.807, 2.05) is 6.92 Å². The third kappa shape index (κ3) is 3.81. The van der Waals surface area contributed by atoms with E-state index >= 15 is 0 Å². The molecule has 0 aromatic carbocycles. The molecule has 6 nitrogen and oxygen atoms in total. The van der Waals surface area contributed by atoms with Crippen LogP contribution in [0.2, 0.25) is 0 Å². The molecule has 6 heteroatoms. The Morgan fingerprint density at radius 2 is 2.14 bits per heavy atom. The lowest BCUT2D eigenvalue weighted by molar-refractivity contribution is -0.123. The summed E-state index contributed by atoms with van der Waals surface area (Å²) in [5.74, 6) is 1.82. The zero-order valence-corrected chi connectivity index (χ0v) is 12.7. The Balaban J connectivity index is 1.50. The molecule has 0 spiro atoms. The molecule has 1 atom stereocenters. The molecule has 1 aromatic heterocycles. The molecule has 0 bridgehead atoms. The molecule has 1 saturated carbocycles. The van der Waals surface area contributed by atoms with Crippen molar-refractivity contribution in [2.45, 2.75) is 57.4 Å². The summed E-state index contributed by atoms with van der Waals surface area (Å²) in [5.41, 5.74) is 0. The summed E-state index contributed by atoms with van der Waals surface area (Å²) in [5, 5.41) is 7.02. The number of carbonyl (C=O) groups excluding carboxylic acids is 1. The van der Waals surface area contributed by atoms with Gasteiger partial charge in [0.2, 0.25) is 11.8 Å². The van der Waals surface area contributed by atoms with E-state index < -0.39 is 0 Å². The highest BCUT2D eigenvalue weighted by molar-refractivity contribution is 5.78. The zero-order valence-electron chi connectivity index (χ0n) is 12.7. The summed E-state index contributed by atoms with van der Waals surface area (Å²) in [6.07, 6.45) is 6.89. The fraction of sp³-hybridized carbons (Fsp3) is 0.800. The van der Waals surface area contributed by atoms with Gasteiger partial charge in [-0.15, -0.1) is 0 Å². The van der Waals surface area contributed by atoms with Crippen LogP contribution in [0.15, 0.2) is 4.52 Å². The Hall–Kier alpha value is -1.43. The maximum Gasteiger partial charge on any atom is 0.234 e. The molecule has 1 aromatic rings. The quantitative estimate of drug-likeness (QED) is 0.913. The number of nitrogens with zero attached hydrogens (tertiary/aromatic N) is 3. The van der Waals surface area contributed by atoms with E-state index in [4.69, 9.17) is 4.52 Å². The first kappa shape index (κ1) is 14.5. The number of amides is 1. The first-order valence-corrected chi connectivity index (χ1v) is 8.02. The number of nitrogens with one attached hydrogen (secondary N) is 1. The van der Waals surface area contributed by atoms with Crippen LogP contribution in [0, 0.1) is 6.92 Å². The van der Waals surface area contributed by atoms with E-state index in [-0.39, 0.29) is 11.8 Å². The average Bonchev–Trinajstić information content (AvgIpc) is 3.10. The van der Waals surface area contributed by atoms with Crippen molar-refractivity contribution < 1.29 is 9.32 Å². The Morgan fingerprint density at radius 1 is 1.33 bits per heavy atom. The van der Waals surface area contributed by atoms with Crippen LogP contribution in [0.25, 0.3) is 0 Å². The Kier molecular flexibility index (Phi) is 4.53. The average molecular weight is 292 g/mol. The zero-order chi connectivity index (χ0) is 14.7. The predicted molar refractivity (Wildman–Crippen MR) is 77.8 cm³/mol. The van der Waals surface area contributed by atoms with Crippen LogP contribution in [0.5, 0.6) is 0 Å². The van der Waals surface area contributed by atoms with E-state index in [9.17, 15) is 4.79 Å². The van der Waals surface area contributed by atoms with Crippen molar-refractivity contribution in [3.63, 3.8) is 0 Å². The maximum atomic E-state index is 12.1. The van der Waals surface area contributed by atoms with E-state index in [1.165, 1.54) is 12.8 Å². The molecule has 1 aliphatic heterocycles. The number of aryl methyl sites for hydroxylation is 1. The molecule has 1 N–H and O–H groups in total. The molecule has 21 heavy (non-hydrogen) atoms. The summed E-state index contributed by atoms with van der Waals surface area (Å²) < 4.78 is 5.28. The van der Waals surface area contributed by atoms with Gasteiger partial charge in [0.25, 0.3) is 0 Å². The summed E-state index contributed by atoms with van der Waals surface area (Å²) in [7, 11) is 0. The van der Waals surface area contributed by atoms with Gasteiger partial charge in [0, 0.05) is 12.6 Å². The Labute approximate surface area is 125 Å². The molecule has 2 aliphatic rings. The minimum atomic E-state index is 0.157. The van der Waals surface area contributed by atoms with Crippen LogP contribution in [-0.4, -0.2) is 46.6 Å². The van der Waals surface area contributed by atoms with Gasteiger partial charge in [-0.2, -0.15) is 4.98 Å². The smallest absolute Gasteiger partial charge is 0.234 e. The Bertz CT molecular complexity index is 482. The van der Waals surface area contributed by atoms with E-state index in [2.05, 4.69) is 20.4 Å². The van der Waals surface area contributed by atoms with Gasteiger partial charge in [-0.3, -0.25) is 9.69 Å². The van der Waals surface area contributed by atoms with Crippen LogP contribution >= 0.6 is 0 Å². The number of carbonyl (C=O) groups is 1. The van der Waals surface area contributed by atoms with E-state index in [0.29, 0.717) is 24.3 Å².